The van der Waals surface area contributed by atoms with Crippen molar-refractivity contribution in [1.82, 2.24) is 14.9 Å². The lowest BCUT2D eigenvalue weighted by Gasteiger charge is -2.21. The van der Waals surface area contributed by atoms with Crippen LogP contribution >= 0.6 is 31.9 Å². The number of rotatable bonds is 2. The highest BCUT2D eigenvalue weighted by Crippen LogP contribution is 2.37. The molecule has 1 amide bonds. The molecule has 24 heavy (non-hydrogen) atoms. The first-order valence-electron chi connectivity index (χ1n) is 6.83. The summed E-state index contributed by atoms with van der Waals surface area (Å²) in [6, 6.07) is 4.89. The van der Waals surface area contributed by atoms with Gasteiger partial charge in [0.25, 0.3) is 5.91 Å². The molecule has 4 nitrogen and oxygen atoms in total. The highest BCUT2D eigenvalue weighted by Gasteiger charge is 2.41. The van der Waals surface area contributed by atoms with Gasteiger partial charge in [0.05, 0.1) is 5.69 Å². The quantitative estimate of drug-likeness (QED) is 0.678. The maximum absolute atomic E-state index is 13.6. The average Bonchev–Trinajstić information content (AvgIpc) is 2.81. The van der Waals surface area contributed by atoms with E-state index in [4.69, 9.17) is 0 Å². The van der Waals surface area contributed by atoms with Gasteiger partial charge in [0.1, 0.15) is 6.33 Å². The van der Waals surface area contributed by atoms with E-state index in [2.05, 4.69) is 42.2 Å². The molecule has 1 N–H and O–H groups in total. The van der Waals surface area contributed by atoms with Crippen molar-refractivity contribution in [2.45, 2.75) is 32.5 Å². The number of imidazole rings is 1. The molecule has 0 unspecified atom stereocenters. The molecule has 0 fully saturated rings. The van der Waals surface area contributed by atoms with Gasteiger partial charge in [-0.2, -0.15) is 13.2 Å². The van der Waals surface area contributed by atoms with Crippen LogP contribution in [0.25, 0.3) is 5.69 Å². The van der Waals surface area contributed by atoms with Crippen LogP contribution in [0.3, 0.4) is 0 Å². The molecule has 130 valence electrons. The number of amides is 1. The van der Waals surface area contributed by atoms with E-state index in [0.717, 1.165) is 10.9 Å². The van der Waals surface area contributed by atoms with Crippen LogP contribution in [0.2, 0.25) is 0 Å². The van der Waals surface area contributed by atoms with Gasteiger partial charge in [-0.15, -0.1) is 0 Å². The number of hydrogen-bond donors (Lipinski definition) is 1. The average molecular weight is 469 g/mol. The zero-order valence-corrected chi connectivity index (χ0v) is 16.2. The summed E-state index contributed by atoms with van der Waals surface area (Å²) in [5.74, 6) is -0.878. The van der Waals surface area contributed by atoms with Gasteiger partial charge in [-0.1, -0.05) is 6.07 Å². The van der Waals surface area contributed by atoms with Crippen LogP contribution in [0.5, 0.6) is 0 Å². The van der Waals surface area contributed by atoms with E-state index >= 15 is 0 Å². The number of benzene rings is 1. The normalized spacial score (nSPS) is 12.3. The Morgan fingerprint density at radius 2 is 1.71 bits per heavy atom. The van der Waals surface area contributed by atoms with Crippen molar-refractivity contribution in [3.05, 3.63) is 44.9 Å². The van der Waals surface area contributed by atoms with Crippen molar-refractivity contribution in [2.75, 3.05) is 0 Å². The molecule has 1 aromatic carbocycles. The van der Waals surface area contributed by atoms with Crippen molar-refractivity contribution >= 4 is 37.8 Å². The van der Waals surface area contributed by atoms with Gasteiger partial charge in [0.2, 0.25) is 0 Å². The monoisotopic (exact) mass is 467 g/mol. The first-order valence-corrected chi connectivity index (χ1v) is 8.42. The van der Waals surface area contributed by atoms with E-state index in [9.17, 15) is 18.0 Å². The lowest BCUT2D eigenvalue weighted by molar-refractivity contribution is -0.142. The molecule has 0 saturated carbocycles. The fraction of sp³-hybridized carbons (Fsp3) is 0.333. The third kappa shape index (κ3) is 4.00. The predicted octanol–water partition coefficient (Wildman–Crippen LogP) is 4.94. The van der Waals surface area contributed by atoms with Crippen molar-refractivity contribution in [3.8, 4) is 5.69 Å². The Kier molecular flexibility index (Phi) is 5.15. The molecule has 0 bridgehead atoms. The highest BCUT2D eigenvalue weighted by atomic mass is 79.9. The number of hydrogen-bond acceptors (Lipinski definition) is 2. The van der Waals surface area contributed by atoms with Gasteiger partial charge in [0, 0.05) is 14.5 Å². The van der Waals surface area contributed by atoms with E-state index < -0.39 is 29.0 Å². The first-order chi connectivity index (χ1) is 10.9. The standard InChI is InChI=1S/C15H14Br2F3N3O/c1-14(2,3)22-13(24)10-12(15(18,19)20)23(7-21-10)11-8(16)5-4-6-9(11)17/h4-7H,1-3H3,(H,22,24). The van der Waals surface area contributed by atoms with Crippen molar-refractivity contribution < 1.29 is 18.0 Å². The topological polar surface area (TPSA) is 46.9 Å². The van der Waals surface area contributed by atoms with E-state index in [0.29, 0.717) is 8.95 Å². The Morgan fingerprint density at radius 1 is 1.17 bits per heavy atom. The summed E-state index contributed by atoms with van der Waals surface area (Å²) in [5.41, 5.74) is -2.26. The Balaban J connectivity index is 2.66. The summed E-state index contributed by atoms with van der Waals surface area (Å²) in [6.45, 7) is 5.04. The Labute approximate surface area is 153 Å². The van der Waals surface area contributed by atoms with E-state index in [-0.39, 0.29) is 5.69 Å². The number of carbonyl (C=O) groups is 1. The van der Waals surface area contributed by atoms with Crippen LogP contribution in [0.15, 0.2) is 33.5 Å². The number of alkyl halides is 3. The second-order valence-electron chi connectivity index (χ2n) is 6.08. The van der Waals surface area contributed by atoms with Gasteiger partial charge < -0.3 is 5.32 Å². The highest BCUT2D eigenvalue weighted by molar-refractivity contribution is 9.11. The van der Waals surface area contributed by atoms with Crippen LogP contribution < -0.4 is 5.32 Å². The van der Waals surface area contributed by atoms with Gasteiger partial charge in [-0.25, -0.2) is 4.98 Å². The molecule has 0 radical (unpaired) electrons. The SMILES string of the molecule is CC(C)(C)NC(=O)c1ncn(-c2c(Br)cccc2Br)c1C(F)(F)F. The van der Waals surface area contributed by atoms with Crippen LogP contribution in [-0.4, -0.2) is 21.0 Å². The second kappa shape index (κ2) is 6.51. The summed E-state index contributed by atoms with van der Waals surface area (Å²) in [6.07, 6.45) is -3.76. The lowest BCUT2D eigenvalue weighted by Crippen LogP contribution is -2.41. The Morgan fingerprint density at radius 3 is 2.17 bits per heavy atom. The minimum absolute atomic E-state index is 0.215. The van der Waals surface area contributed by atoms with Gasteiger partial charge in [-0.05, 0) is 64.8 Å². The van der Waals surface area contributed by atoms with Crippen LogP contribution in [0.1, 0.15) is 37.0 Å². The fourth-order valence-electron chi connectivity index (χ4n) is 2.07. The van der Waals surface area contributed by atoms with Crippen molar-refractivity contribution in [3.63, 3.8) is 0 Å². The van der Waals surface area contributed by atoms with E-state index in [1.807, 2.05) is 0 Å². The number of carbonyl (C=O) groups excluding carboxylic acids is 1. The smallest absolute Gasteiger partial charge is 0.346 e. The summed E-state index contributed by atoms with van der Waals surface area (Å²) in [5, 5.41) is 2.50. The molecule has 0 atom stereocenters. The summed E-state index contributed by atoms with van der Waals surface area (Å²) in [4.78, 5) is 15.9. The molecule has 1 heterocycles. The van der Waals surface area contributed by atoms with Crippen molar-refractivity contribution in [2.24, 2.45) is 0 Å². The van der Waals surface area contributed by atoms with Crippen LogP contribution in [0, 0.1) is 0 Å². The molecule has 1 aromatic heterocycles. The maximum Gasteiger partial charge on any atom is 0.434 e. The third-order valence-electron chi connectivity index (χ3n) is 2.92. The summed E-state index contributed by atoms with van der Waals surface area (Å²) < 4.78 is 42.6. The number of nitrogens with zero attached hydrogens (tertiary/aromatic N) is 2. The minimum atomic E-state index is -4.75. The number of halogens is 5. The summed E-state index contributed by atoms with van der Waals surface area (Å²) in [7, 11) is 0. The largest absolute Gasteiger partial charge is 0.434 e. The van der Waals surface area contributed by atoms with Crippen molar-refractivity contribution in [1.29, 1.82) is 0 Å². The molecular weight excluding hydrogens is 455 g/mol. The number of para-hydroxylation sites is 1. The van der Waals surface area contributed by atoms with Gasteiger partial charge >= 0.3 is 6.18 Å². The van der Waals surface area contributed by atoms with E-state index in [1.165, 1.54) is 0 Å². The lowest BCUT2D eigenvalue weighted by atomic mass is 10.1. The molecule has 0 aliphatic carbocycles. The van der Waals surface area contributed by atoms with Crippen LogP contribution in [0.4, 0.5) is 13.2 Å². The summed E-state index contributed by atoms with van der Waals surface area (Å²) >= 11 is 6.47. The fourth-order valence-corrected chi connectivity index (χ4v) is 3.45. The zero-order valence-electron chi connectivity index (χ0n) is 13.0. The molecule has 9 heteroatoms. The maximum atomic E-state index is 13.6. The first kappa shape index (κ1) is 19.0. The molecule has 0 saturated heterocycles. The molecule has 0 aliphatic heterocycles. The number of aromatic nitrogens is 2. The van der Waals surface area contributed by atoms with Gasteiger partial charge in [-0.3, -0.25) is 9.36 Å². The zero-order chi connectivity index (χ0) is 18.3. The van der Waals surface area contributed by atoms with E-state index in [1.54, 1.807) is 39.0 Å². The minimum Gasteiger partial charge on any atom is -0.346 e. The Bertz CT molecular complexity index is 759. The molecular formula is C15H14Br2F3N3O. The molecule has 2 rings (SSSR count). The Hall–Kier alpha value is -1.35. The predicted molar refractivity (Wildman–Crippen MR) is 91.2 cm³/mol. The number of nitrogens with one attached hydrogen (secondary N) is 1. The third-order valence-corrected chi connectivity index (χ3v) is 4.20. The van der Waals surface area contributed by atoms with Gasteiger partial charge in [0.15, 0.2) is 11.4 Å². The molecule has 0 aliphatic rings. The molecule has 2 aromatic rings. The van der Waals surface area contributed by atoms with Crippen LogP contribution in [-0.2, 0) is 6.18 Å². The molecule has 0 spiro atoms. The second-order valence-corrected chi connectivity index (χ2v) is 7.79.